The summed E-state index contributed by atoms with van der Waals surface area (Å²) in [6.45, 7) is 4.72. The maximum Gasteiger partial charge on any atom is 0.00706 e. The second-order valence-corrected chi connectivity index (χ2v) is 5.99. The zero-order valence-corrected chi connectivity index (χ0v) is 12.0. The molecule has 0 aliphatic rings. The molecule has 0 heterocycles. The maximum absolute atomic E-state index is 2.41. The van der Waals surface area contributed by atoms with Gasteiger partial charge in [0, 0.05) is 20.5 Å². The largest absolute Gasteiger partial charge is 0.0658 e. The predicted octanol–water partition coefficient (Wildman–Crippen LogP) is 0.750. The third-order valence-corrected chi connectivity index (χ3v) is 5.05. The van der Waals surface area contributed by atoms with Crippen LogP contribution in [0.2, 0.25) is 11.6 Å². The van der Waals surface area contributed by atoms with E-state index >= 15 is 0 Å². The Hall–Kier alpha value is 0.434. The van der Waals surface area contributed by atoms with E-state index in [1.54, 1.807) is 0 Å². The Morgan fingerprint density at radius 1 is 1.40 bits per heavy atom. The van der Waals surface area contributed by atoms with Gasteiger partial charge in [-0.05, 0) is 5.92 Å². The highest BCUT2D eigenvalue weighted by Crippen LogP contribution is 2.22. The number of hydrogen-bond donors (Lipinski definition) is 0. The molecule has 62 valence electrons. The Morgan fingerprint density at radius 3 is 2.40 bits per heavy atom. The lowest BCUT2D eigenvalue weighted by atomic mass is 10.0. The Balaban J connectivity index is 3.31. The van der Waals surface area contributed by atoms with Gasteiger partial charge in [0.25, 0.3) is 0 Å². The molecule has 2 atom stereocenters. The SMILES string of the molecule is CCC(C)C([SiH3])CCC[SiH3]. The van der Waals surface area contributed by atoms with Crippen LogP contribution in [0, 0.1) is 5.92 Å². The van der Waals surface area contributed by atoms with Crippen molar-refractivity contribution in [3.8, 4) is 0 Å². The van der Waals surface area contributed by atoms with E-state index in [1.165, 1.54) is 45.8 Å². The molecule has 0 aliphatic heterocycles. The highest BCUT2D eigenvalue weighted by atomic mass is 28.1. The molecule has 0 saturated heterocycles. The van der Waals surface area contributed by atoms with Crippen molar-refractivity contribution in [1.29, 1.82) is 0 Å². The second-order valence-electron chi connectivity index (χ2n) is 3.51. The Kier molecular flexibility index (Phi) is 6.43. The van der Waals surface area contributed by atoms with E-state index in [1.807, 2.05) is 0 Å². The fraction of sp³-hybridized carbons (Fsp3) is 1.00. The lowest BCUT2D eigenvalue weighted by molar-refractivity contribution is 0.492. The molecule has 0 aromatic rings. The van der Waals surface area contributed by atoms with Gasteiger partial charge < -0.3 is 0 Å². The molecule has 2 heteroatoms. The third-order valence-electron chi connectivity index (χ3n) is 2.63. The lowest BCUT2D eigenvalue weighted by Crippen LogP contribution is -2.04. The van der Waals surface area contributed by atoms with E-state index in [0.717, 1.165) is 11.5 Å². The van der Waals surface area contributed by atoms with Gasteiger partial charge >= 0.3 is 0 Å². The van der Waals surface area contributed by atoms with E-state index in [-0.39, 0.29) is 0 Å². The molecule has 2 unspecified atom stereocenters. The van der Waals surface area contributed by atoms with Gasteiger partial charge in [0.05, 0.1) is 0 Å². The fourth-order valence-corrected chi connectivity index (χ4v) is 2.50. The molecule has 0 aromatic heterocycles. The van der Waals surface area contributed by atoms with Crippen LogP contribution in [0.15, 0.2) is 0 Å². The molecule has 0 fully saturated rings. The first-order chi connectivity index (χ1) is 4.72. The zero-order valence-electron chi connectivity index (χ0n) is 7.98. The van der Waals surface area contributed by atoms with Gasteiger partial charge in [0.15, 0.2) is 0 Å². The molecule has 0 aromatic carbocycles. The lowest BCUT2D eigenvalue weighted by Gasteiger charge is -2.17. The van der Waals surface area contributed by atoms with Gasteiger partial charge in [-0.1, -0.05) is 44.7 Å². The average Bonchev–Trinajstić information content (AvgIpc) is 1.98. The summed E-state index contributed by atoms with van der Waals surface area (Å²) >= 11 is 0. The van der Waals surface area contributed by atoms with E-state index in [4.69, 9.17) is 0 Å². The summed E-state index contributed by atoms with van der Waals surface area (Å²) in [6, 6.07) is 1.51. The van der Waals surface area contributed by atoms with Crippen molar-refractivity contribution in [3.63, 3.8) is 0 Å². The molecule has 0 saturated carbocycles. The zero-order chi connectivity index (χ0) is 7.98. The van der Waals surface area contributed by atoms with Crippen LogP contribution in [0.25, 0.3) is 0 Å². The first-order valence-corrected chi connectivity index (χ1v) is 7.29. The van der Waals surface area contributed by atoms with Gasteiger partial charge in [-0.3, -0.25) is 0 Å². The summed E-state index contributed by atoms with van der Waals surface area (Å²) in [5.41, 5.74) is 1.10. The van der Waals surface area contributed by atoms with Crippen LogP contribution in [0.4, 0.5) is 0 Å². The quantitative estimate of drug-likeness (QED) is 0.540. The first kappa shape index (κ1) is 10.4. The van der Waals surface area contributed by atoms with Crippen molar-refractivity contribution in [2.75, 3.05) is 0 Å². The minimum Gasteiger partial charge on any atom is -0.0658 e. The van der Waals surface area contributed by atoms with Crippen LogP contribution in [0.3, 0.4) is 0 Å². The van der Waals surface area contributed by atoms with E-state index in [2.05, 4.69) is 13.8 Å². The van der Waals surface area contributed by atoms with Crippen molar-refractivity contribution >= 4 is 20.5 Å². The molecule has 10 heavy (non-hydrogen) atoms. The smallest absolute Gasteiger partial charge is 0.00706 e. The van der Waals surface area contributed by atoms with Crippen molar-refractivity contribution in [2.24, 2.45) is 5.92 Å². The molecule has 0 aliphatic carbocycles. The second kappa shape index (κ2) is 6.16. The summed E-state index contributed by atoms with van der Waals surface area (Å²) in [4.78, 5) is 0. The molecule has 0 amide bonds. The standard InChI is InChI=1S/C8H22Si2/c1-3-7(2)8(10)5-4-6-9/h7-8H,3-6H2,1-2,9-10H3. The minimum atomic E-state index is 1.000. The Bertz CT molecular complexity index is 73.7. The van der Waals surface area contributed by atoms with Crippen molar-refractivity contribution < 1.29 is 0 Å². The van der Waals surface area contributed by atoms with Gasteiger partial charge in [0.2, 0.25) is 0 Å². The fourth-order valence-electron chi connectivity index (χ4n) is 1.21. The number of rotatable bonds is 5. The average molecular weight is 174 g/mol. The summed E-state index contributed by atoms with van der Waals surface area (Å²) in [7, 11) is 2.82. The summed E-state index contributed by atoms with van der Waals surface area (Å²) in [5.74, 6) is 1.000. The maximum atomic E-state index is 2.41. The molecular weight excluding hydrogens is 152 g/mol. The van der Waals surface area contributed by atoms with Crippen molar-refractivity contribution in [1.82, 2.24) is 0 Å². The van der Waals surface area contributed by atoms with Crippen LogP contribution in [0.1, 0.15) is 33.1 Å². The molecule has 0 nitrogen and oxygen atoms in total. The van der Waals surface area contributed by atoms with E-state index in [9.17, 15) is 0 Å². The van der Waals surface area contributed by atoms with Crippen LogP contribution < -0.4 is 0 Å². The monoisotopic (exact) mass is 174 g/mol. The van der Waals surface area contributed by atoms with Gasteiger partial charge in [-0.25, -0.2) is 0 Å². The molecule has 0 spiro atoms. The summed E-state index contributed by atoms with van der Waals surface area (Å²) < 4.78 is 0. The molecule has 0 radical (unpaired) electrons. The van der Waals surface area contributed by atoms with Crippen LogP contribution in [-0.4, -0.2) is 20.5 Å². The highest BCUT2D eigenvalue weighted by molar-refractivity contribution is 6.12. The first-order valence-electron chi connectivity index (χ1n) is 4.72. The van der Waals surface area contributed by atoms with E-state index in [0.29, 0.717) is 0 Å². The normalized spacial score (nSPS) is 17.4. The highest BCUT2D eigenvalue weighted by Gasteiger charge is 2.08. The Morgan fingerprint density at radius 2 is 2.00 bits per heavy atom. The molecule has 0 N–H and O–H groups in total. The topological polar surface area (TPSA) is 0 Å². The number of hydrogen-bond acceptors (Lipinski definition) is 0. The van der Waals surface area contributed by atoms with Crippen LogP contribution >= 0.6 is 0 Å². The molecular formula is C8H22Si2. The van der Waals surface area contributed by atoms with Crippen LogP contribution in [-0.2, 0) is 0 Å². The van der Waals surface area contributed by atoms with Crippen molar-refractivity contribution in [3.05, 3.63) is 0 Å². The molecule has 0 rings (SSSR count). The van der Waals surface area contributed by atoms with Gasteiger partial charge in [0.1, 0.15) is 0 Å². The minimum absolute atomic E-state index is 1.000. The summed E-state index contributed by atoms with van der Waals surface area (Å²) in [6.07, 6.45) is 4.41. The van der Waals surface area contributed by atoms with Crippen molar-refractivity contribution in [2.45, 2.75) is 44.7 Å². The Labute approximate surface area is 71.6 Å². The van der Waals surface area contributed by atoms with E-state index < -0.39 is 0 Å². The van der Waals surface area contributed by atoms with Gasteiger partial charge in [-0.15, -0.1) is 0 Å². The van der Waals surface area contributed by atoms with Gasteiger partial charge in [-0.2, -0.15) is 0 Å². The molecule has 0 bridgehead atoms. The summed E-state index contributed by atoms with van der Waals surface area (Å²) in [5, 5.41) is 0. The van der Waals surface area contributed by atoms with Crippen LogP contribution in [0.5, 0.6) is 0 Å². The predicted molar refractivity (Wildman–Crippen MR) is 57.1 cm³/mol. The third kappa shape index (κ3) is 4.28.